The first-order chi connectivity index (χ1) is 13.6. The molecule has 3 atom stereocenters. The number of anilines is 1. The number of ether oxygens (including phenoxy) is 1. The Hall–Kier alpha value is -2.41. The average molecular weight is 385 g/mol. The number of benzene rings is 1. The monoisotopic (exact) mass is 385 g/mol. The lowest BCUT2D eigenvalue weighted by molar-refractivity contribution is -0.128. The average Bonchev–Trinajstić information content (AvgIpc) is 3.22. The number of nitrogens with zero attached hydrogens (tertiary/aromatic N) is 2. The predicted molar refractivity (Wildman–Crippen MR) is 104 cm³/mol. The van der Waals surface area contributed by atoms with Crippen LogP contribution < -0.4 is 10.2 Å². The molecule has 0 aliphatic carbocycles. The van der Waals surface area contributed by atoms with Crippen molar-refractivity contribution in [3.05, 3.63) is 29.8 Å². The van der Waals surface area contributed by atoms with Crippen LogP contribution in [-0.4, -0.2) is 60.5 Å². The fourth-order valence-corrected chi connectivity index (χ4v) is 4.41. The first kappa shape index (κ1) is 18.9. The predicted octanol–water partition coefficient (Wildman–Crippen LogP) is 1.71. The number of fused-ring (bicyclic) bond motifs is 2. The van der Waals surface area contributed by atoms with Gasteiger partial charge in [0.1, 0.15) is 12.1 Å². The number of piperidine rings is 1. The molecule has 150 valence electrons. The lowest BCUT2D eigenvalue weighted by Crippen LogP contribution is -2.55. The third kappa shape index (κ3) is 3.39. The molecule has 28 heavy (non-hydrogen) atoms. The molecule has 0 unspecified atom stereocenters. The van der Waals surface area contributed by atoms with Gasteiger partial charge in [0.05, 0.1) is 17.4 Å². The van der Waals surface area contributed by atoms with E-state index < -0.39 is 12.1 Å². The lowest BCUT2D eigenvalue weighted by atomic mass is 10.0. The van der Waals surface area contributed by atoms with E-state index in [2.05, 4.69) is 5.32 Å². The molecule has 2 saturated heterocycles. The molecule has 3 heterocycles. The Labute approximate surface area is 165 Å². The van der Waals surface area contributed by atoms with Crippen LogP contribution in [0.3, 0.4) is 0 Å². The summed E-state index contributed by atoms with van der Waals surface area (Å²) in [5, 5.41) is 2.92. The van der Waals surface area contributed by atoms with Crippen LogP contribution in [0, 0.1) is 0 Å². The highest BCUT2D eigenvalue weighted by atomic mass is 16.5. The highest BCUT2D eigenvalue weighted by Gasteiger charge is 2.43. The van der Waals surface area contributed by atoms with Crippen LogP contribution in [-0.2, 0) is 14.3 Å². The first-order valence-corrected chi connectivity index (χ1v) is 10.2. The molecular formula is C21H27N3O4. The molecule has 4 rings (SSSR count). The van der Waals surface area contributed by atoms with Crippen LogP contribution in [0.1, 0.15) is 49.4 Å². The standard InChI is InChI=1S/C21H27N3O4/c1-14(19(25)22-13-15-7-6-12-28-15)24-17-9-3-2-8-16(17)20(26)23-11-5-4-10-18(23)21(24)27/h2-3,8-9,14-15,18H,4-7,10-13H2,1H3,(H,22,25)/t14-,15-,18-/m1/s1. The maximum Gasteiger partial charge on any atom is 0.256 e. The summed E-state index contributed by atoms with van der Waals surface area (Å²) in [7, 11) is 0. The Morgan fingerprint density at radius 1 is 1.21 bits per heavy atom. The molecule has 1 N–H and O–H groups in total. The van der Waals surface area contributed by atoms with Crippen LogP contribution in [0.15, 0.2) is 24.3 Å². The number of hydrogen-bond acceptors (Lipinski definition) is 4. The van der Waals surface area contributed by atoms with Gasteiger partial charge >= 0.3 is 0 Å². The zero-order chi connectivity index (χ0) is 19.7. The summed E-state index contributed by atoms with van der Waals surface area (Å²) in [5.74, 6) is -0.517. The fraction of sp³-hybridized carbons (Fsp3) is 0.571. The minimum atomic E-state index is -0.704. The van der Waals surface area contributed by atoms with E-state index >= 15 is 0 Å². The molecule has 0 aromatic heterocycles. The molecule has 1 aromatic carbocycles. The molecule has 7 nitrogen and oxygen atoms in total. The van der Waals surface area contributed by atoms with Crippen molar-refractivity contribution in [3.8, 4) is 0 Å². The van der Waals surface area contributed by atoms with Crippen LogP contribution >= 0.6 is 0 Å². The van der Waals surface area contributed by atoms with Crippen molar-refractivity contribution in [3.63, 3.8) is 0 Å². The highest BCUT2D eigenvalue weighted by Crippen LogP contribution is 2.33. The molecule has 0 saturated carbocycles. The normalized spacial score (nSPS) is 25.8. The van der Waals surface area contributed by atoms with Crippen LogP contribution in [0.5, 0.6) is 0 Å². The molecule has 3 amide bonds. The number of carbonyl (C=O) groups excluding carboxylic acids is 3. The zero-order valence-electron chi connectivity index (χ0n) is 16.2. The van der Waals surface area contributed by atoms with Gasteiger partial charge in [0, 0.05) is 19.7 Å². The maximum absolute atomic E-state index is 13.4. The van der Waals surface area contributed by atoms with E-state index in [1.54, 1.807) is 36.1 Å². The van der Waals surface area contributed by atoms with Gasteiger partial charge < -0.3 is 15.0 Å². The van der Waals surface area contributed by atoms with Crippen molar-refractivity contribution in [2.24, 2.45) is 0 Å². The van der Waals surface area contributed by atoms with Gasteiger partial charge in [-0.2, -0.15) is 0 Å². The number of rotatable bonds is 4. The van der Waals surface area contributed by atoms with E-state index in [1.807, 2.05) is 0 Å². The van der Waals surface area contributed by atoms with Gasteiger partial charge in [-0.05, 0) is 51.2 Å². The van der Waals surface area contributed by atoms with E-state index in [-0.39, 0.29) is 23.8 Å². The summed E-state index contributed by atoms with van der Waals surface area (Å²) in [6.07, 6.45) is 4.43. The van der Waals surface area contributed by atoms with Crippen molar-refractivity contribution in [1.29, 1.82) is 0 Å². The molecule has 3 aliphatic heterocycles. The van der Waals surface area contributed by atoms with Gasteiger partial charge in [-0.25, -0.2) is 0 Å². The summed E-state index contributed by atoms with van der Waals surface area (Å²) < 4.78 is 5.56. The van der Waals surface area contributed by atoms with Crippen molar-refractivity contribution in [2.45, 2.75) is 57.2 Å². The van der Waals surface area contributed by atoms with Gasteiger partial charge in [0.2, 0.25) is 5.91 Å². The number of hydrogen-bond donors (Lipinski definition) is 1. The highest BCUT2D eigenvalue weighted by molar-refractivity contribution is 6.13. The third-order valence-electron chi connectivity index (χ3n) is 5.97. The second-order valence-electron chi connectivity index (χ2n) is 7.79. The third-order valence-corrected chi connectivity index (χ3v) is 5.97. The summed E-state index contributed by atoms with van der Waals surface area (Å²) in [6.45, 7) is 3.48. The van der Waals surface area contributed by atoms with Crippen molar-refractivity contribution < 1.29 is 19.1 Å². The Morgan fingerprint density at radius 2 is 2.04 bits per heavy atom. The number of nitrogens with one attached hydrogen (secondary N) is 1. The molecule has 0 spiro atoms. The Morgan fingerprint density at radius 3 is 2.82 bits per heavy atom. The summed E-state index contributed by atoms with van der Waals surface area (Å²) >= 11 is 0. The number of carbonyl (C=O) groups is 3. The molecule has 7 heteroatoms. The Balaban J connectivity index is 1.61. The number of para-hydroxylation sites is 1. The molecule has 1 aromatic rings. The summed E-state index contributed by atoms with van der Waals surface area (Å²) in [5.41, 5.74) is 1.01. The molecule has 3 aliphatic rings. The van der Waals surface area contributed by atoms with Gasteiger partial charge in [0.25, 0.3) is 11.8 Å². The lowest BCUT2D eigenvalue weighted by Gasteiger charge is -2.35. The van der Waals surface area contributed by atoms with E-state index in [0.29, 0.717) is 30.8 Å². The van der Waals surface area contributed by atoms with Crippen molar-refractivity contribution in [1.82, 2.24) is 10.2 Å². The Kier molecular flexibility index (Phi) is 5.35. The minimum absolute atomic E-state index is 0.0404. The van der Waals surface area contributed by atoms with Gasteiger partial charge in [-0.1, -0.05) is 12.1 Å². The smallest absolute Gasteiger partial charge is 0.256 e. The second-order valence-corrected chi connectivity index (χ2v) is 7.79. The minimum Gasteiger partial charge on any atom is -0.376 e. The van der Waals surface area contributed by atoms with E-state index in [4.69, 9.17) is 4.74 Å². The van der Waals surface area contributed by atoms with Crippen LogP contribution in [0.2, 0.25) is 0 Å². The number of amides is 3. The summed E-state index contributed by atoms with van der Waals surface area (Å²) in [4.78, 5) is 42.6. The van der Waals surface area contributed by atoms with Crippen LogP contribution in [0.4, 0.5) is 5.69 Å². The molecule has 2 fully saturated rings. The zero-order valence-corrected chi connectivity index (χ0v) is 16.2. The van der Waals surface area contributed by atoms with E-state index in [9.17, 15) is 14.4 Å². The molecule has 0 bridgehead atoms. The van der Waals surface area contributed by atoms with Gasteiger partial charge in [0.15, 0.2) is 0 Å². The van der Waals surface area contributed by atoms with E-state index in [1.165, 1.54) is 4.90 Å². The second kappa shape index (κ2) is 7.91. The molecule has 0 radical (unpaired) electrons. The van der Waals surface area contributed by atoms with E-state index in [0.717, 1.165) is 32.3 Å². The molecular weight excluding hydrogens is 358 g/mol. The fourth-order valence-electron chi connectivity index (χ4n) is 4.41. The van der Waals surface area contributed by atoms with Crippen molar-refractivity contribution in [2.75, 3.05) is 24.6 Å². The quantitative estimate of drug-likeness (QED) is 0.856. The van der Waals surface area contributed by atoms with Gasteiger partial charge in [-0.15, -0.1) is 0 Å². The SMILES string of the molecule is C[C@H](C(=O)NC[C@H]1CCCO1)N1C(=O)[C@H]2CCCCN2C(=O)c2ccccc21. The van der Waals surface area contributed by atoms with Crippen molar-refractivity contribution >= 4 is 23.4 Å². The van der Waals surface area contributed by atoms with Gasteiger partial charge in [-0.3, -0.25) is 19.3 Å². The summed E-state index contributed by atoms with van der Waals surface area (Å²) in [6, 6.07) is 5.89. The maximum atomic E-state index is 13.4. The topological polar surface area (TPSA) is 79.0 Å². The largest absolute Gasteiger partial charge is 0.376 e. The first-order valence-electron chi connectivity index (χ1n) is 10.2. The van der Waals surface area contributed by atoms with Crippen LogP contribution in [0.25, 0.3) is 0 Å². The Bertz CT molecular complexity index is 775.